The van der Waals surface area contributed by atoms with Gasteiger partial charge in [-0.2, -0.15) is 5.10 Å². The van der Waals surface area contributed by atoms with E-state index in [1.807, 2.05) is 17.1 Å². The summed E-state index contributed by atoms with van der Waals surface area (Å²) in [4.78, 5) is 0. The number of nitrogens with two attached hydrogens (primary N) is 1. The summed E-state index contributed by atoms with van der Waals surface area (Å²) in [7, 11) is 1.79. The number of nitrogens with zero attached hydrogens (tertiary/aromatic N) is 2. The van der Waals surface area contributed by atoms with E-state index in [9.17, 15) is 0 Å². The monoisotopic (exact) mass is 238 g/mol. The molecule has 1 unspecified atom stereocenters. The zero-order chi connectivity index (χ0) is 12.3. The summed E-state index contributed by atoms with van der Waals surface area (Å²) < 4.78 is 7.55. The normalized spacial score (nSPS) is 19.9. The molecular weight excluding hydrogens is 216 g/mol. The third kappa shape index (κ3) is 2.51. The summed E-state index contributed by atoms with van der Waals surface area (Å²) in [6.45, 7) is 2.96. The first kappa shape index (κ1) is 12.5. The van der Waals surface area contributed by atoms with Crippen molar-refractivity contribution in [3.05, 3.63) is 18.0 Å². The molecular formula is C12H22N4O. The molecule has 1 aliphatic carbocycles. The van der Waals surface area contributed by atoms with Gasteiger partial charge >= 0.3 is 0 Å². The Hall–Kier alpha value is -0.910. The lowest BCUT2D eigenvalue weighted by Crippen LogP contribution is -2.44. The van der Waals surface area contributed by atoms with Crippen LogP contribution in [0.4, 0.5) is 0 Å². The van der Waals surface area contributed by atoms with Crippen LogP contribution in [0.15, 0.2) is 12.4 Å². The Balaban J connectivity index is 2.05. The van der Waals surface area contributed by atoms with Gasteiger partial charge in [0, 0.05) is 25.4 Å². The molecule has 96 valence electrons. The maximum absolute atomic E-state index is 5.65. The zero-order valence-electron chi connectivity index (χ0n) is 10.6. The molecule has 2 rings (SSSR count). The van der Waals surface area contributed by atoms with Gasteiger partial charge < -0.3 is 4.74 Å². The van der Waals surface area contributed by atoms with Gasteiger partial charge in [-0.3, -0.25) is 16.0 Å². The highest BCUT2D eigenvalue weighted by Gasteiger charge is 2.39. The van der Waals surface area contributed by atoms with Crippen LogP contribution in [0.2, 0.25) is 0 Å². The van der Waals surface area contributed by atoms with Crippen molar-refractivity contribution in [2.45, 2.75) is 50.8 Å². The lowest BCUT2D eigenvalue weighted by atomic mass is 9.75. The highest BCUT2D eigenvalue weighted by atomic mass is 16.5. The second-order valence-electron chi connectivity index (χ2n) is 4.79. The van der Waals surface area contributed by atoms with E-state index in [-0.39, 0.29) is 11.6 Å². The average molecular weight is 238 g/mol. The van der Waals surface area contributed by atoms with Crippen LogP contribution < -0.4 is 11.3 Å². The van der Waals surface area contributed by atoms with E-state index in [0.29, 0.717) is 0 Å². The number of methoxy groups -OCH3 is 1. The second-order valence-corrected chi connectivity index (χ2v) is 4.79. The summed E-state index contributed by atoms with van der Waals surface area (Å²) in [5.41, 5.74) is 4.04. The Morgan fingerprint density at radius 2 is 2.41 bits per heavy atom. The van der Waals surface area contributed by atoms with Crippen molar-refractivity contribution >= 4 is 0 Å². The Labute approximate surface area is 102 Å². The lowest BCUT2D eigenvalue weighted by Gasteiger charge is -2.42. The molecule has 5 heteroatoms. The number of hydrazine groups is 1. The quantitative estimate of drug-likeness (QED) is 0.580. The molecule has 1 aromatic rings. The molecule has 1 heterocycles. The molecule has 0 aromatic carbocycles. The maximum atomic E-state index is 5.65. The van der Waals surface area contributed by atoms with E-state index in [1.165, 1.54) is 6.42 Å². The molecule has 0 saturated heterocycles. The minimum atomic E-state index is 0.0192. The molecule has 1 saturated carbocycles. The summed E-state index contributed by atoms with van der Waals surface area (Å²) in [6.07, 6.45) is 8.35. The number of hydrogen-bond acceptors (Lipinski definition) is 4. The van der Waals surface area contributed by atoms with Crippen LogP contribution in [0, 0.1) is 0 Å². The largest absolute Gasteiger partial charge is 0.378 e. The smallest absolute Gasteiger partial charge is 0.0697 e. The molecule has 0 bridgehead atoms. The van der Waals surface area contributed by atoms with Crippen LogP contribution in [0.1, 0.15) is 44.2 Å². The first-order chi connectivity index (χ1) is 8.23. The van der Waals surface area contributed by atoms with Gasteiger partial charge in [-0.1, -0.05) is 0 Å². The van der Waals surface area contributed by atoms with E-state index in [1.54, 1.807) is 7.11 Å². The van der Waals surface area contributed by atoms with Crippen LogP contribution >= 0.6 is 0 Å². The van der Waals surface area contributed by atoms with Gasteiger partial charge in [0.1, 0.15) is 0 Å². The summed E-state index contributed by atoms with van der Waals surface area (Å²) in [5.74, 6) is 5.65. The van der Waals surface area contributed by atoms with E-state index >= 15 is 0 Å². The first-order valence-electron chi connectivity index (χ1n) is 6.26. The fourth-order valence-corrected chi connectivity index (χ4v) is 2.44. The van der Waals surface area contributed by atoms with Gasteiger partial charge in [0.25, 0.3) is 0 Å². The van der Waals surface area contributed by atoms with Crippen LogP contribution in [0.5, 0.6) is 0 Å². The zero-order valence-corrected chi connectivity index (χ0v) is 10.6. The molecule has 1 aliphatic rings. The fourth-order valence-electron chi connectivity index (χ4n) is 2.44. The highest BCUT2D eigenvalue weighted by molar-refractivity contribution is 5.12. The highest BCUT2D eigenvalue weighted by Crippen LogP contribution is 2.41. The molecule has 0 spiro atoms. The Morgan fingerprint density at radius 1 is 1.65 bits per heavy atom. The van der Waals surface area contributed by atoms with Gasteiger partial charge in [0.15, 0.2) is 0 Å². The molecule has 0 aliphatic heterocycles. The summed E-state index contributed by atoms with van der Waals surface area (Å²) in [5, 5.41) is 4.28. The van der Waals surface area contributed by atoms with Gasteiger partial charge in [-0.15, -0.1) is 0 Å². The molecule has 0 amide bonds. The van der Waals surface area contributed by atoms with Crippen LogP contribution in [0.3, 0.4) is 0 Å². The van der Waals surface area contributed by atoms with Crippen molar-refractivity contribution in [2.75, 3.05) is 7.11 Å². The van der Waals surface area contributed by atoms with Crippen molar-refractivity contribution in [3.8, 4) is 0 Å². The molecule has 1 aromatic heterocycles. The fraction of sp³-hybridized carbons (Fsp3) is 0.750. The van der Waals surface area contributed by atoms with Crippen molar-refractivity contribution in [1.82, 2.24) is 15.2 Å². The summed E-state index contributed by atoms with van der Waals surface area (Å²) in [6, 6.07) is 0.121. The van der Waals surface area contributed by atoms with E-state index in [2.05, 4.69) is 17.4 Å². The minimum Gasteiger partial charge on any atom is -0.378 e. The maximum Gasteiger partial charge on any atom is 0.0697 e. The van der Waals surface area contributed by atoms with E-state index in [4.69, 9.17) is 10.6 Å². The predicted octanol–water partition coefficient (Wildman–Crippen LogP) is 1.37. The standard InChI is InChI=1S/C12H22N4O/c1-3-16-9-10(8-14-16)11(15-13)7-12(17-2)5-4-6-12/h8-9,11,15H,3-7,13H2,1-2H3. The van der Waals surface area contributed by atoms with Crippen LogP contribution in [-0.4, -0.2) is 22.5 Å². The lowest BCUT2D eigenvalue weighted by molar-refractivity contribution is -0.0838. The number of rotatable bonds is 6. The molecule has 5 nitrogen and oxygen atoms in total. The van der Waals surface area contributed by atoms with Gasteiger partial charge in [0.2, 0.25) is 0 Å². The minimum absolute atomic E-state index is 0.0192. The molecule has 3 N–H and O–H groups in total. The molecule has 1 fully saturated rings. The van der Waals surface area contributed by atoms with Gasteiger partial charge in [-0.25, -0.2) is 0 Å². The Morgan fingerprint density at radius 3 is 2.82 bits per heavy atom. The van der Waals surface area contributed by atoms with Crippen molar-refractivity contribution < 1.29 is 4.74 Å². The molecule has 0 radical (unpaired) electrons. The number of hydrogen-bond donors (Lipinski definition) is 2. The third-order valence-electron chi connectivity index (χ3n) is 3.85. The van der Waals surface area contributed by atoms with Crippen molar-refractivity contribution in [1.29, 1.82) is 0 Å². The topological polar surface area (TPSA) is 65.1 Å². The SMILES string of the molecule is CCn1cc(C(CC2(OC)CCC2)NN)cn1. The number of nitrogens with one attached hydrogen (secondary N) is 1. The van der Waals surface area contributed by atoms with Crippen molar-refractivity contribution in [3.63, 3.8) is 0 Å². The Kier molecular flexibility index (Phi) is 3.81. The van der Waals surface area contributed by atoms with Crippen molar-refractivity contribution in [2.24, 2.45) is 5.84 Å². The van der Waals surface area contributed by atoms with Crippen LogP contribution in [0.25, 0.3) is 0 Å². The average Bonchev–Trinajstić information content (AvgIpc) is 2.77. The molecule has 17 heavy (non-hydrogen) atoms. The van der Waals surface area contributed by atoms with E-state index < -0.39 is 0 Å². The summed E-state index contributed by atoms with van der Waals surface area (Å²) >= 11 is 0. The number of ether oxygens (including phenoxy) is 1. The predicted molar refractivity (Wildman–Crippen MR) is 66.2 cm³/mol. The number of aromatic nitrogens is 2. The van der Waals surface area contributed by atoms with Gasteiger partial charge in [0.05, 0.1) is 17.8 Å². The Bertz CT molecular complexity index is 354. The second kappa shape index (κ2) is 5.16. The number of aryl methyl sites for hydroxylation is 1. The molecule has 1 atom stereocenters. The third-order valence-corrected chi connectivity index (χ3v) is 3.85. The van der Waals surface area contributed by atoms with Gasteiger partial charge in [-0.05, 0) is 32.6 Å². The van der Waals surface area contributed by atoms with E-state index in [0.717, 1.165) is 31.4 Å². The first-order valence-corrected chi connectivity index (χ1v) is 6.26. The van der Waals surface area contributed by atoms with Crippen LogP contribution in [-0.2, 0) is 11.3 Å².